The molecule has 0 unspecified atom stereocenters. The molecular weight excluding hydrogens is 242 g/mol. The van der Waals surface area contributed by atoms with Gasteiger partial charge in [-0.1, -0.05) is 29.3 Å². The molecule has 1 rings (SSSR count). The zero-order chi connectivity index (χ0) is 10.2. The van der Waals surface area contributed by atoms with Gasteiger partial charge in [-0.2, -0.15) is 0 Å². The SMILES string of the molecule is CCCc1cc(NCCCBr)ncn1. The molecule has 0 bridgehead atoms. The van der Waals surface area contributed by atoms with Gasteiger partial charge in [-0.15, -0.1) is 0 Å². The average molecular weight is 258 g/mol. The number of halogens is 1. The number of nitrogens with zero attached hydrogens (tertiary/aromatic N) is 2. The lowest BCUT2D eigenvalue weighted by Crippen LogP contribution is -2.04. The van der Waals surface area contributed by atoms with Crippen molar-refractivity contribution in [3.63, 3.8) is 0 Å². The van der Waals surface area contributed by atoms with E-state index in [1.54, 1.807) is 6.33 Å². The van der Waals surface area contributed by atoms with Crippen LogP contribution < -0.4 is 5.32 Å². The molecule has 3 nitrogen and oxygen atoms in total. The molecule has 1 aromatic rings. The summed E-state index contributed by atoms with van der Waals surface area (Å²) >= 11 is 3.39. The summed E-state index contributed by atoms with van der Waals surface area (Å²) in [7, 11) is 0. The molecule has 0 aliphatic rings. The van der Waals surface area contributed by atoms with Crippen LogP contribution in [0.3, 0.4) is 0 Å². The van der Waals surface area contributed by atoms with E-state index >= 15 is 0 Å². The molecule has 0 aliphatic heterocycles. The zero-order valence-corrected chi connectivity index (χ0v) is 10.0. The van der Waals surface area contributed by atoms with Crippen LogP contribution in [0.5, 0.6) is 0 Å². The maximum absolute atomic E-state index is 4.20. The Morgan fingerprint density at radius 1 is 1.43 bits per heavy atom. The van der Waals surface area contributed by atoms with Crippen LogP contribution >= 0.6 is 15.9 Å². The maximum Gasteiger partial charge on any atom is 0.129 e. The minimum absolute atomic E-state index is 0.935. The van der Waals surface area contributed by atoms with Gasteiger partial charge in [0.25, 0.3) is 0 Å². The number of aromatic nitrogens is 2. The molecule has 0 spiro atoms. The fourth-order valence-corrected chi connectivity index (χ4v) is 1.45. The van der Waals surface area contributed by atoms with Gasteiger partial charge in [0.2, 0.25) is 0 Å². The van der Waals surface area contributed by atoms with Gasteiger partial charge in [0.15, 0.2) is 0 Å². The van der Waals surface area contributed by atoms with Gasteiger partial charge >= 0.3 is 0 Å². The number of hydrogen-bond donors (Lipinski definition) is 1. The first-order chi connectivity index (χ1) is 6.86. The highest BCUT2D eigenvalue weighted by Crippen LogP contribution is 2.05. The van der Waals surface area contributed by atoms with Gasteiger partial charge in [-0.25, -0.2) is 9.97 Å². The predicted molar refractivity (Wildman–Crippen MR) is 62.9 cm³/mol. The van der Waals surface area contributed by atoms with Gasteiger partial charge in [0.1, 0.15) is 12.1 Å². The zero-order valence-electron chi connectivity index (χ0n) is 8.46. The highest BCUT2D eigenvalue weighted by molar-refractivity contribution is 9.09. The molecule has 78 valence electrons. The molecule has 1 heterocycles. The molecule has 0 fully saturated rings. The summed E-state index contributed by atoms with van der Waals surface area (Å²) < 4.78 is 0. The Labute approximate surface area is 93.5 Å². The Balaban J connectivity index is 2.46. The number of rotatable bonds is 6. The molecule has 0 aliphatic carbocycles. The Morgan fingerprint density at radius 2 is 2.29 bits per heavy atom. The third-order valence-corrected chi connectivity index (χ3v) is 2.41. The molecule has 4 heteroatoms. The molecule has 0 aromatic carbocycles. The Kier molecular flexibility index (Phi) is 5.52. The van der Waals surface area contributed by atoms with Crippen molar-refractivity contribution >= 4 is 21.7 Å². The lowest BCUT2D eigenvalue weighted by atomic mass is 10.2. The first-order valence-electron chi connectivity index (χ1n) is 4.97. The summed E-state index contributed by atoms with van der Waals surface area (Å²) in [6.07, 6.45) is 4.88. The van der Waals surface area contributed by atoms with Crippen LogP contribution in [0.25, 0.3) is 0 Å². The summed E-state index contributed by atoms with van der Waals surface area (Å²) in [5.41, 5.74) is 1.11. The Hall–Kier alpha value is -0.640. The minimum Gasteiger partial charge on any atom is -0.370 e. The number of hydrogen-bond acceptors (Lipinski definition) is 3. The van der Waals surface area contributed by atoms with Gasteiger partial charge < -0.3 is 5.32 Å². The molecule has 0 saturated carbocycles. The standard InChI is InChI=1S/C10H16BrN3/c1-2-4-9-7-10(14-8-13-9)12-6-3-5-11/h7-8H,2-6H2,1H3,(H,12,13,14). The second-order valence-electron chi connectivity index (χ2n) is 3.11. The normalized spacial score (nSPS) is 10.1. The summed E-state index contributed by atoms with van der Waals surface area (Å²) in [5.74, 6) is 0.935. The third kappa shape index (κ3) is 4.05. The molecule has 0 amide bonds. The van der Waals surface area contributed by atoms with Crippen LogP contribution in [0.1, 0.15) is 25.5 Å². The minimum atomic E-state index is 0.935. The molecular formula is C10H16BrN3. The van der Waals surface area contributed by atoms with Crippen molar-refractivity contribution in [2.75, 3.05) is 17.2 Å². The Morgan fingerprint density at radius 3 is 3.00 bits per heavy atom. The van der Waals surface area contributed by atoms with E-state index in [1.165, 1.54) is 0 Å². The first kappa shape index (κ1) is 11.4. The van der Waals surface area contributed by atoms with Crippen molar-refractivity contribution < 1.29 is 0 Å². The number of anilines is 1. The summed E-state index contributed by atoms with van der Waals surface area (Å²) in [6.45, 7) is 3.11. The van der Waals surface area contributed by atoms with Crippen LogP contribution in [0, 0.1) is 0 Å². The molecule has 0 radical (unpaired) electrons. The lowest BCUT2D eigenvalue weighted by molar-refractivity contribution is 0.870. The van der Waals surface area contributed by atoms with E-state index < -0.39 is 0 Å². The van der Waals surface area contributed by atoms with Gasteiger partial charge in [-0.05, 0) is 12.8 Å². The fourth-order valence-electron chi connectivity index (χ4n) is 1.17. The summed E-state index contributed by atoms with van der Waals surface area (Å²) in [6, 6.07) is 2.03. The van der Waals surface area contributed by atoms with E-state index in [2.05, 4.69) is 38.1 Å². The summed E-state index contributed by atoms with van der Waals surface area (Å²) in [4.78, 5) is 8.35. The van der Waals surface area contributed by atoms with E-state index in [4.69, 9.17) is 0 Å². The van der Waals surface area contributed by atoms with E-state index in [9.17, 15) is 0 Å². The van der Waals surface area contributed by atoms with Crippen molar-refractivity contribution in [3.05, 3.63) is 18.1 Å². The van der Waals surface area contributed by atoms with Crippen molar-refractivity contribution in [1.82, 2.24) is 9.97 Å². The number of aryl methyl sites for hydroxylation is 1. The van der Waals surface area contributed by atoms with E-state index in [-0.39, 0.29) is 0 Å². The van der Waals surface area contributed by atoms with Crippen LogP contribution in [0.15, 0.2) is 12.4 Å². The van der Waals surface area contributed by atoms with Gasteiger partial charge in [-0.3, -0.25) is 0 Å². The van der Waals surface area contributed by atoms with E-state index in [1.807, 2.05) is 6.07 Å². The maximum atomic E-state index is 4.20. The highest BCUT2D eigenvalue weighted by atomic mass is 79.9. The molecule has 1 N–H and O–H groups in total. The van der Waals surface area contributed by atoms with Crippen molar-refractivity contribution in [1.29, 1.82) is 0 Å². The number of alkyl halides is 1. The molecule has 1 aromatic heterocycles. The van der Waals surface area contributed by atoms with Gasteiger partial charge in [0.05, 0.1) is 0 Å². The number of nitrogens with one attached hydrogen (secondary N) is 1. The smallest absolute Gasteiger partial charge is 0.129 e. The lowest BCUT2D eigenvalue weighted by Gasteiger charge is -2.04. The van der Waals surface area contributed by atoms with Gasteiger partial charge in [0, 0.05) is 23.6 Å². The van der Waals surface area contributed by atoms with Crippen molar-refractivity contribution in [2.45, 2.75) is 26.2 Å². The molecule has 14 heavy (non-hydrogen) atoms. The van der Waals surface area contributed by atoms with Crippen molar-refractivity contribution in [2.24, 2.45) is 0 Å². The quantitative estimate of drug-likeness (QED) is 0.629. The monoisotopic (exact) mass is 257 g/mol. The van der Waals surface area contributed by atoms with Crippen LogP contribution in [0.2, 0.25) is 0 Å². The predicted octanol–water partition coefficient (Wildman–Crippen LogP) is 2.63. The second kappa shape index (κ2) is 6.76. The Bertz CT molecular complexity index is 265. The second-order valence-corrected chi connectivity index (χ2v) is 3.91. The fraction of sp³-hybridized carbons (Fsp3) is 0.600. The average Bonchev–Trinajstić information content (AvgIpc) is 2.19. The van der Waals surface area contributed by atoms with Crippen LogP contribution in [0.4, 0.5) is 5.82 Å². The van der Waals surface area contributed by atoms with E-state index in [0.29, 0.717) is 0 Å². The largest absolute Gasteiger partial charge is 0.370 e. The third-order valence-electron chi connectivity index (χ3n) is 1.85. The topological polar surface area (TPSA) is 37.8 Å². The molecule has 0 atom stereocenters. The van der Waals surface area contributed by atoms with Crippen LogP contribution in [-0.2, 0) is 6.42 Å². The van der Waals surface area contributed by atoms with Crippen molar-refractivity contribution in [3.8, 4) is 0 Å². The highest BCUT2D eigenvalue weighted by Gasteiger charge is 1.96. The molecule has 0 saturated heterocycles. The first-order valence-corrected chi connectivity index (χ1v) is 6.09. The van der Waals surface area contributed by atoms with Crippen LogP contribution in [-0.4, -0.2) is 21.8 Å². The summed E-state index contributed by atoms with van der Waals surface area (Å²) in [5, 5.41) is 4.28. The van der Waals surface area contributed by atoms with E-state index in [0.717, 1.165) is 42.6 Å².